The maximum Gasteiger partial charge on any atom is 0.304 e. The molecule has 1 amide bonds. The summed E-state index contributed by atoms with van der Waals surface area (Å²) in [5, 5.41) is 0.870. The van der Waals surface area contributed by atoms with E-state index < -0.39 is 0 Å². The minimum absolute atomic E-state index is 0.151. The molecule has 0 saturated carbocycles. The van der Waals surface area contributed by atoms with Crippen LogP contribution in [0, 0.1) is 0 Å². The van der Waals surface area contributed by atoms with Gasteiger partial charge in [-0.05, 0) is 12.1 Å². The Morgan fingerprint density at radius 3 is 2.42 bits per heavy atom. The minimum atomic E-state index is -0.276. The van der Waals surface area contributed by atoms with Gasteiger partial charge < -0.3 is 0 Å². The van der Waals surface area contributed by atoms with Gasteiger partial charge in [-0.25, -0.2) is 9.68 Å². The number of rotatable bonds is 1. The Morgan fingerprint density at radius 2 is 1.92 bits per heavy atom. The van der Waals surface area contributed by atoms with Gasteiger partial charge in [0.2, 0.25) is 6.79 Å². The summed E-state index contributed by atoms with van der Waals surface area (Å²) < 4.78 is 0. The number of hydrogen-bond acceptors (Lipinski definition) is 3. The lowest BCUT2D eigenvalue weighted by molar-refractivity contribution is -0.483. The van der Waals surface area contributed by atoms with E-state index in [0.29, 0.717) is 5.56 Å². The molecule has 4 nitrogen and oxygen atoms in total. The fourth-order valence-electron chi connectivity index (χ4n) is 0.909. The number of carbonyl (C=O) groups excluding carboxylic acids is 1. The Morgan fingerprint density at radius 1 is 1.25 bits per heavy atom. The molecular formula is C8H7NO3. The highest BCUT2D eigenvalue weighted by Gasteiger charge is 2.24. The molecule has 0 bridgehead atoms. The molecule has 1 saturated heterocycles. The Balaban J connectivity index is 2.14. The molecule has 1 heterocycles. The largest absolute Gasteiger partial charge is 0.304 e. The van der Waals surface area contributed by atoms with E-state index in [0.717, 1.165) is 5.23 Å². The lowest BCUT2D eigenvalue weighted by Crippen LogP contribution is -2.41. The summed E-state index contributed by atoms with van der Waals surface area (Å²) in [4.78, 5) is 20.7. The molecule has 62 valence electrons. The van der Waals surface area contributed by atoms with Gasteiger partial charge in [-0.2, -0.15) is 0 Å². The molecule has 12 heavy (non-hydrogen) atoms. The summed E-state index contributed by atoms with van der Waals surface area (Å²) >= 11 is 0. The number of amides is 1. The normalized spacial score (nSPS) is 15.5. The van der Waals surface area contributed by atoms with Gasteiger partial charge in [-0.3, -0.25) is 4.79 Å². The van der Waals surface area contributed by atoms with Crippen molar-refractivity contribution in [3.63, 3.8) is 0 Å². The SMILES string of the molecule is O=C(c1ccccc1)N1OCO1. The average Bonchev–Trinajstić information content (AvgIpc) is 2.03. The van der Waals surface area contributed by atoms with Crippen molar-refractivity contribution in [3.8, 4) is 0 Å². The molecule has 0 spiro atoms. The van der Waals surface area contributed by atoms with Crippen molar-refractivity contribution in [1.29, 1.82) is 0 Å². The molecule has 1 aromatic rings. The van der Waals surface area contributed by atoms with E-state index >= 15 is 0 Å². The molecule has 1 aromatic carbocycles. The Labute approximate surface area is 69.2 Å². The van der Waals surface area contributed by atoms with Crippen LogP contribution < -0.4 is 0 Å². The van der Waals surface area contributed by atoms with Crippen LogP contribution in [0.15, 0.2) is 30.3 Å². The van der Waals surface area contributed by atoms with Gasteiger partial charge in [0.05, 0.1) is 0 Å². The zero-order valence-electron chi connectivity index (χ0n) is 6.27. The first-order valence-electron chi connectivity index (χ1n) is 3.53. The minimum Gasteiger partial charge on any atom is -0.264 e. The standard InChI is InChI=1S/C8H7NO3/c10-8(9-11-6-12-9)7-4-2-1-3-5-7/h1-5H,6H2. The van der Waals surface area contributed by atoms with Crippen molar-refractivity contribution in [3.05, 3.63) is 35.9 Å². The Hall–Kier alpha value is -1.39. The molecule has 2 rings (SSSR count). The maximum absolute atomic E-state index is 11.3. The van der Waals surface area contributed by atoms with Crippen LogP contribution in [0.4, 0.5) is 0 Å². The summed E-state index contributed by atoms with van der Waals surface area (Å²) in [6, 6.07) is 8.81. The van der Waals surface area contributed by atoms with Crippen LogP contribution in [0.5, 0.6) is 0 Å². The second kappa shape index (κ2) is 2.92. The second-order valence-corrected chi connectivity index (χ2v) is 2.30. The maximum atomic E-state index is 11.3. The van der Waals surface area contributed by atoms with Crippen LogP contribution in [-0.4, -0.2) is 17.9 Å². The first-order valence-corrected chi connectivity index (χ1v) is 3.53. The second-order valence-electron chi connectivity index (χ2n) is 2.30. The van der Waals surface area contributed by atoms with Crippen LogP contribution in [0.1, 0.15) is 10.4 Å². The van der Waals surface area contributed by atoms with Gasteiger partial charge in [0, 0.05) is 5.56 Å². The van der Waals surface area contributed by atoms with Crippen molar-refractivity contribution in [2.45, 2.75) is 0 Å². The van der Waals surface area contributed by atoms with Gasteiger partial charge >= 0.3 is 5.91 Å². The molecule has 0 aliphatic carbocycles. The van der Waals surface area contributed by atoms with Crippen LogP contribution in [0.25, 0.3) is 0 Å². The predicted octanol–water partition coefficient (Wildman–Crippen LogP) is 0.963. The molecule has 0 atom stereocenters. The van der Waals surface area contributed by atoms with Crippen LogP contribution >= 0.6 is 0 Å². The first kappa shape index (κ1) is 7.27. The van der Waals surface area contributed by atoms with Crippen molar-refractivity contribution in [1.82, 2.24) is 5.23 Å². The summed E-state index contributed by atoms with van der Waals surface area (Å²) in [5.74, 6) is -0.276. The highest BCUT2D eigenvalue weighted by molar-refractivity contribution is 5.92. The smallest absolute Gasteiger partial charge is 0.264 e. The lowest BCUT2D eigenvalue weighted by Gasteiger charge is -2.27. The van der Waals surface area contributed by atoms with E-state index in [-0.39, 0.29) is 12.7 Å². The zero-order valence-corrected chi connectivity index (χ0v) is 6.27. The van der Waals surface area contributed by atoms with E-state index in [4.69, 9.17) is 9.68 Å². The van der Waals surface area contributed by atoms with Crippen molar-refractivity contribution >= 4 is 5.91 Å². The van der Waals surface area contributed by atoms with Gasteiger partial charge in [-0.15, -0.1) is 0 Å². The average molecular weight is 165 g/mol. The number of carbonyl (C=O) groups is 1. The lowest BCUT2D eigenvalue weighted by atomic mass is 10.2. The quantitative estimate of drug-likeness (QED) is 0.622. The number of nitrogens with zero attached hydrogens (tertiary/aromatic N) is 1. The highest BCUT2D eigenvalue weighted by Crippen LogP contribution is 2.11. The fraction of sp³-hybridized carbons (Fsp3) is 0.125. The monoisotopic (exact) mass is 165 g/mol. The third-order valence-corrected chi connectivity index (χ3v) is 1.53. The summed E-state index contributed by atoms with van der Waals surface area (Å²) in [6.45, 7) is 0.151. The topological polar surface area (TPSA) is 38.8 Å². The van der Waals surface area contributed by atoms with E-state index in [1.165, 1.54) is 0 Å². The van der Waals surface area contributed by atoms with Crippen LogP contribution in [0.2, 0.25) is 0 Å². The first-order chi connectivity index (χ1) is 5.88. The third kappa shape index (κ3) is 1.17. The van der Waals surface area contributed by atoms with Gasteiger partial charge in [-0.1, -0.05) is 23.4 Å². The molecule has 0 radical (unpaired) electrons. The molecule has 4 heteroatoms. The van der Waals surface area contributed by atoms with Gasteiger partial charge in [0.1, 0.15) is 0 Å². The fourth-order valence-corrected chi connectivity index (χ4v) is 0.909. The van der Waals surface area contributed by atoms with Crippen molar-refractivity contribution in [2.75, 3.05) is 6.79 Å². The molecule has 1 fully saturated rings. The molecule has 0 unspecified atom stereocenters. The molecule has 1 aliphatic heterocycles. The van der Waals surface area contributed by atoms with E-state index in [1.807, 2.05) is 6.07 Å². The predicted molar refractivity (Wildman–Crippen MR) is 39.6 cm³/mol. The van der Waals surface area contributed by atoms with E-state index in [9.17, 15) is 4.79 Å². The summed E-state index contributed by atoms with van der Waals surface area (Å²) in [6.07, 6.45) is 0. The van der Waals surface area contributed by atoms with Crippen molar-refractivity contribution < 1.29 is 14.5 Å². The molecular weight excluding hydrogens is 158 g/mol. The zero-order chi connectivity index (χ0) is 8.39. The highest BCUT2D eigenvalue weighted by atomic mass is 17.1. The summed E-state index contributed by atoms with van der Waals surface area (Å²) in [7, 11) is 0. The van der Waals surface area contributed by atoms with Crippen molar-refractivity contribution in [2.24, 2.45) is 0 Å². The van der Waals surface area contributed by atoms with E-state index in [1.54, 1.807) is 24.3 Å². The summed E-state index contributed by atoms with van der Waals surface area (Å²) in [5.41, 5.74) is 0.553. The third-order valence-electron chi connectivity index (χ3n) is 1.53. The number of benzene rings is 1. The van der Waals surface area contributed by atoms with Crippen LogP contribution in [-0.2, 0) is 9.68 Å². The van der Waals surface area contributed by atoms with Crippen LogP contribution in [0.3, 0.4) is 0 Å². The number of hydroxylamine groups is 2. The Kier molecular flexibility index (Phi) is 1.77. The number of hydrogen-bond donors (Lipinski definition) is 0. The van der Waals surface area contributed by atoms with Gasteiger partial charge in [0.25, 0.3) is 0 Å². The van der Waals surface area contributed by atoms with Gasteiger partial charge in [0.15, 0.2) is 0 Å². The Bertz CT molecular complexity index is 282. The van der Waals surface area contributed by atoms with E-state index in [2.05, 4.69) is 0 Å². The molecule has 0 aromatic heterocycles. The molecule has 0 N–H and O–H groups in total. The molecule has 1 aliphatic rings.